The minimum Gasteiger partial charge on any atom is -0.396 e. The van der Waals surface area contributed by atoms with Gasteiger partial charge >= 0.3 is 0 Å². The molecule has 0 amide bonds. The van der Waals surface area contributed by atoms with Crippen molar-refractivity contribution in [3.63, 3.8) is 0 Å². The van der Waals surface area contributed by atoms with Gasteiger partial charge in [-0.05, 0) is 62.8 Å². The van der Waals surface area contributed by atoms with Crippen LogP contribution in [-0.2, 0) is 0 Å². The van der Waals surface area contributed by atoms with E-state index in [4.69, 9.17) is 5.11 Å². The molecular weight excluding hydrogens is 222 g/mol. The summed E-state index contributed by atoms with van der Waals surface area (Å²) in [5.74, 6) is 0.420. The quantitative estimate of drug-likeness (QED) is 0.726. The Morgan fingerprint density at radius 2 is 1.89 bits per heavy atom. The van der Waals surface area contributed by atoms with E-state index in [-0.39, 0.29) is 0 Å². The molecule has 1 rings (SSSR count). The Morgan fingerprint density at radius 1 is 1.17 bits per heavy atom. The molecule has 0 bridgehead atoms. The largest absolute Gasteiger partial charge is 0.396 e. The van der Waals surface area contributed by atoms with Crippen molar-refractivity contribution in [1.29, 1.82) is 0 Å². The number of aryl methyl sites for hydroxylation is 2. The first-order chi connectivity index (χ1) is 8.54. The molecule has 0 saturated carbocycles. The number of nitrogens with one attached hydrogen (secondary N) is 1. The van der Waals surface area contributed by atoms with Crippen LogP contribution >= 0.6 is 0 Å². The van der Waals surface area contributed by atoms with Crippen LogP contribution in [0.2, 0.25) is 0 Å². The summed E-state index contributed by atoms with van der Waals surface area (Å²) < 4.78 is 0. The third-order valence-electron chi connectivity index (χ3n) is 3.67. The monoisotopic (exact) mass is 249 g/mol. The summed E-state index contributed by atoms with van der Waals surface area (Å²) in [6.07, 6.45) is 2.21. The normalized spacial score (nSPS) is 14.5. The Bertz CT molecular complexity index is 362. The van der Waals surface area contributed by atoms with Gasteiger partial charge in [0.2, 0.25) is 0 Å². The standard InChI is InChI=1S/C16H27NO/c1-12(11-18)6-5-9-17-15(4)16-8-7-13(2)14(3)10-16/h7-8,10,12,15,17-18H,5-6,9,11H2,1-4H3. The minimum absolute atomic E-state index is 0.298. The van der Waals surface area contributed by atoms with E-state index in [2.05, 4.69) is 51.2 Å². The fourth-order valence-corrected chi connectivity index (χ4v) is 2.01. The van der Waals surface area contributed by atoms with E-state index < -0.39 is 0 Å². The lowest BCUT2D eigenvalue weighted by molar-refractivity contribution is 0.227. The number of rotatable bonds is 7. The average molecular weight is 249 g/mol. The molecule has 1 aromatic rings. The van der Waals surface area contributed by atoms with Crippen molar-refractivity contribution in [2.45, 2.75) is 46.6 Å². The van der Waals surface area contributed by atoms with E-state index in [0.29, 0.717) is 18.6 Å². The lowest BCUT2D eigenvalue weighted by atomic mass is 10.0. The second-order valence-corrected chi connectivity index (χ2v) is 5.45. The van der Waals surface area contributed by atoms with Crippen LogP contribution in [0.5, 0.6) is 0 Å². The number of hydrogen-bond donors (Lipinski definition) is 2. The Hall–Kier alpha value is -0.860. The first-order valence-corrected chi connectivity index (χ1v) is 6.96. The summed E-state index contributed by atoms with van der Waals surface area (Å²) in [5.41, 5.74) is 4.06. The van der Waals surface area contributed by atoms with Gasteiger partial charge < -0.3 is 10.4 Å². The first kappa shape index (κ1) is 15.2. The zero-order chi connectivity index (χ0) is 13.5. The molecule has 0 fully saturated rings. The summed E-state index contributed by atoms with van der Waals surface area (Å²) in [7, 11) is 0. The Kier molecular flexibility index (Phi) is 6.37. The van der Waals surface area contributed by atoms with Crippen LogP contribution in [0, 0.1) is 19.8 Å². The summed E-state index contributed by atoms with van der Waals surface area (Å²) in [4.78, 5) is 0. The maximum Gasteiger partial charge on any atom is 0.0456 e. The van der Waals surface area contributed by atoms with Gasteiger partial charge in [-0.15, -0.1) is 0 Å². The predicted molar refractivity (Wildman–Crippen MR) is 77.8 cm³/mol. The van der Waals surface area contributed by atoms with Gasteiger partial charge in [-0.1, -0.05) is 25.1 Å². The number of aliphatic hydroxyl groups excluding tert-OH is 1. The van der Waals surface area contributed by atoms with Gasteiger partial charge in [0.25, 0.3) is 0 Å². The third-order valence-corrected chi connectivity index (χ3v) is 3.67. The minimum atomic E-state index is 0.298. The fraction of sp³-hybridized carbons (Fsp3) is 0.625. The van der Waals surface area contributed by atoms with Crippen molar-refractivity contribution in [3.05, 3.63) is 34.9 Å². The zero-order valence-electron chi connectivity index (χ0n) is 12.2. The third kappa shape index (κ3) is 4.79. The highest BCUT2D eigenvalue weighted by Gasteiger charge is 2.06. The molecule has 2 unspecified atom stereocenters. The molecule has 18 heavy (non-hydrogen) atoms. The van der Waals surface area contributed by atoms with Gasteiger partial charge in [-0.2, -0.15) is 0 Å². The predicted octanol–water partition coefficient (Wildman–Crippen LogP) is 3.36. The lowest BCUT2D eigenvalue weighted by Gasteiger charge is -2.16. The van der Waals surface area contributed by atoms with Gasteiger partial charge in [0.1, 0.15) is 0 Å². The van der Waals surface area contributed by atoms with E-state index in [0.717, 1.165) is 19.4 Å². The van der Waals surface area contributed by atoms with Crippen LogP contribution in [0.15, 0.2) is 18.2 Å². The molecule has 0 spiro atoms. The smallest absolute Gasteiger partial charge is 0.0456 e. The maximum atomic E-state index is 8.96. The van der Waals surface area contributed by atoms with Crippen LogP contribution in [0.4, 0.5) is 0 Å². The molecule has 2 heteroatoms. The second-order valence-electron chi connectivity index (χ2n) is 5.45. The van der Waals surface area contributed by atoms with Crippen molar-refractivity contribution in [3.8, 4) is 0 Å². The van der Waals surface area contributed by atoms with Crippen molar-refractivity contribution >= 4 is 0 Å². The summed E-state index contributed by atoms with van der Waals surface area (Å²) in [5, 5.41) is 12.5. The van der Waals surface area contributed by atoms with Crippen LogP contribution in [-0.4, -0.2) is 18.3 Å². The number of benzene rings is 1. The molecule has 2 N–H and O–H groups in total. The summed E-state index contributed by atoms with van der Waals surface area (Å²) in [6, 6.07) is 7.06. The van der Waals surface area contributed by atoms with Crippen molar-refractivity contribution < 1.29 is 5.11 Å². The maximum absolute atomic E-state index is 8.96. The van der Waals surface area contributed by atoms with Crippen molar-refractivity contribution in [1.82, 2.24) is 5.32 Å². The van der Waals surface area contributed by atoms with Crippen molar-refractivity contribution in [2.24, 2.45) is 5.92 Å². The van der Waals surface area contributed by atoms with Gasteiger partial charge in [0.15, 0.2) is 0 Å². The SMILES string of the molecule is Cc1ccc(C(C)NCCCC(C)CO)cc1C. The Labute approximate surface area is 111 Å². The van der Waals surface area contributed by atoms with Crippen LogP contribution < -0.4 is 5.32 Å². The molecule has 2 atom stereocenters. The van der Waals surface area contributed by atoms with Gasteiger partial charge in [0, 0.05) is 12.6 Å². The fourth-order valence-electron chi connectivity index (χ4n) is 2.01. The topological polar surface area (TPSA) is 32.3 Å². The van der Waals surface area contributed by atoms with E-state index in [1.165, 1.54) is 16.7 Å². The highest BCUT2D eigenvalue weighted by atomic mass is 16.3. The molecule has 0 heterocycles. The summed E-state index contributed by atoms with van der Waals surface area (Å²) >= 11 is 0. The molecular formula is C16H27NO. The molecule has 0 aliphatic carbocycles. The van der Waals surface area contributed by atoms with Gasteiger partial charge in [0.05, 0.1) is 0 Å². The zero-order valence-corrected chi connectivity index (χ0v) is 12.2. The number of aliphatic hydroxyl groups is 1. The molecule has 0 aliphatic rings. The van der Waals surface area contributed by atoms with Gasteiger partial charge in [-0.25, -0.2) is 0 Å². The van der Waals surface area contributed by atoms with Crippen molar-refractivity contribution in [2.75, 3.05) is 13.2 Å². The van der Waals surface area contributed by atoms with Crippen LogP contribution in [0.25, 0.3) is 0 Å². The van der Waals surface area contributed by atoms with Crippen LogP contribution in [0.3, 0.4) is 0 Å². The Balaban J connectivity index is 2.36. The molecule has 1 aromatic carbocycles. The lowest BCUT2D eigenvalue weighted by Crippen LogP contribution is -2.20. The molecule has 2 nitrogen and oxygen atoms in total. The highest BCUT2D eigenvalue weighted by Crippen LogP contribution is 2.16. The molecule has 0 aliphatic heterocycles. The van der Waals surface area contributed by atoms with E-state index >= 15 is 0 Å². The molecule has 0 saturated heterocycles. The molecule has 0 aromatic heterocycles. The Morgan fingerprint density at radius 3 is 2.50 bits per heavy atom. The van der Waals surface area contributed by atoms with E-state index in [1.54, 1.807) is 0 Å². The van der Waals surface area contributed by atoms with E-state index in [9.17, 15) is 0 Å². The highest BCUT2D eigenvalue weighted by molar-refractivity contribution is 5.31. The average Bonchev–Trinajstić information content (AvgIpc) is 2.37. The first-order valence-electron chi connectivity index (χ1n) is 6.96. The van der Waals surface area contributed by atoms with E-state index in [1.807, 2.05) is 0 Å². The van der Waals surface area contributed by atoms with Crippen LogP contribution in [0.1, 0.15) is 49.4 Å². The number of hydrogen-bond acceptors (Lipinski definition) is 2. The second kappa shape index (κ2) is 7.55. The molecule has 0 radical (unpaired) electrons. The molecule has 102 valence electrons. The van der Waals surface area contributed by atoms with Gasteiger partial charge in [-0.3, -0.25) is 0 Å². The summed E-state index contributed by atoms with van der Waals surface area (Å²) in [6.45, 7) is 9.92.